The summed E-state index contributed by atoms with van der Waals surface area (Å²) in [6, 6.07) is 0. The van der Waals surface area contributed by atoms with Gasteiger partial charge in [-0.15, -0.1) is 0 Å². The maximum absolute atomic E-state index is 5.82. The van der Waals surface area contributed by atoms with E-state index in [4.69, 9.17) is 11.5 Å². The molecule has 2 heterocycles. The van der Waals surface area contributed by atoms with Crippen molar-refractivity contribution in [3.05, 3.63) is 11.8 Å². The van der Waals surface area contributed by atoms with E-state index in [2.05, 4.69) is 14.9 Å². The van der Waals surface area contributed by atoms with Crippen molar-refractivity contribution in [2.75, 3.05) is 23.7 Å². The van der Waals surface area contributed by atoms with Gasteiger partial charge in [0.15, 0.2) is 0 Å². The van der Waals surface area contributed by atoms with Gasteiger partial charge >= 0.3 is 0 Å². The highest BCUT2D eigenvalue weighted by Gasteiger charge is 2.13. The summed E-state index contributed by atoms with van der Waals surface area (Å²) in [4.78, 5) is 10.9. The maximum atomic E-state index is 5.82. The molecule has 5 heteroatoms. The third kappa shape index (κ3) is 2.41. The molecule has 1 fully saturated rings. The molecule has 0 atom stereocenters. The zero-order valence-corrected chi connectivity index (χ0v) is 9.52. The summed E-state index contributed by atoms with van der Waals surface area (Å²) in [5.74, 6) is 1.26. The lowest BCUT2D eigenvalue weighted by Gasteiger charge is -2.20. The number of hydrogen-bond donors (Lipinski definition) is 2. The van der Waals surface area contributed by atoms with Crippen LogP contribution in [-0.2, 0) is 6.54 Å². The lowest BCUT2D eigenvalue weighted by molar-refractivity contribution is 0.726. The Balaban J connectivity index is 2.16. The van der Waals surface area contributed by atoms with E-state index in [0.29, 0.717) is 12.4 Å². The number of nitrogens with two attached hydrogens (primary N) is 2. The van der Waals surface area contributed by atoms with E-state index in [1.165, 1.54) is 25.7 Å². The average molecular weight is 221 g/mol. The highest BCUT2D eigenvalue weighted by molar-refractivity contribution is 5.44. The topological polar surface area (TPSA) is 81.1 Å². The summed E-state index contributed by atoms with van der Waals surface area (Å²) in [7, 11) is 0. The van der Waals surface area contributed by atoms with E-state index in [1.807, 2.05) is 0 Å². The summed E-state index contributed by atoms with van der Waals surface area (Å²) in [5.41, 5.74) is 12.2. The fourth-order valence-electron chi connectivity index (χ4n) is 1.99. The van der Waals surface area contributed by atoms with Crippen LogP contribution in [0.25, 0.3) is 0 Å². The van der Waals surface area contributed by atoms with Crippen molar-refractivity contribution in [2.24, 2.45) is 5.73 Å². The Bertz CT molecular complexity index is 344. The number of hydrogen-bond acceptors (Lipinski definition) is 5. The Hall–Kier alpha value is -1.36. The second kappa shape index (κ2) is 5.12. The Morgan fingerprint density at radius 3 is 2.44 bits per heavy atom. The highest BCUT2D eigenvalue weighted by Crippen LogP contribution is 2.17. The Kier molecular flexibility index (Phi) is 3.56. The smallest absolute Gasteiger partial charge is 0.227 e. The van der Waals surface area contributed by atoms with Gasteiger partial charge in [-0.1, -0.05) is 12.8 Å². The van der Waals surface area contributed by atoms with Gasteiger partial charge in [-0.05, 0) is 12.8 Å². The first-order valence-electron chi connectivity index (χ1n) is 5.87. The summed E-state index contributed by atoms with van der Waals surface area (Å²) < 4.78 is 0. The first-order valence-corrected chi connectivity index (χ1v) is 5.87. The Labute approximate surface area is 95.9 Å². The van der Waals surface area contributed by atoms with Gasteiger partial charge < -0.3 is 16.4 Å². The van der Waals surface area contributed by atoms with Crippen molar-refractivity contribution < 1.29 is 0 Å². The Morgan fingerprint density at radius 2 is 1.88 bits per heavy atom. The SMILES string of the molecule is NCc1cnc(N2CCCCCC2)nc1N. The van der Waals surface area contributed by atoms with Gasteiger partial charge in [0.25, 0.3) is 0 Å². The summed E-state index contributed by atoms with van der Waals surface area (Å²) in [5, 5.41) is 0. The summed E-state index contributed by atoms with van der Waals surface area (Å²) in [6.07, 6.45) is 6.76. The van der Waals surface area contributed by atoms with E-state index < -0.39 is 0 Å². The molecule has 0 spiro atoms. The molecule has 1 aromatic rings. The molecule has 1 saturated heterocycles. The van der Waals surface area contributed by atoms with Crippen LogP contribution in [0.3, 0.4) is 0 Å². The average Bonchev–Trinajstić information content (AvgIpc) is 2.57. The van der Waals surface area contributed by atoms with Crippen molar-refractivity contribution in [3.63, 3.8) is 0 Å². The van der Waals surface area contributed by atoms with Gasteiger partial charge in [-0.25, -0.2) is 4.98 Å². The van der Waals surface area contributed by atoms with Gasteiger partial charge in [-0.2, -0.15) is 4.98 Å². The largest absolute Gasteiger partial charge is 0.383 e. The normalized spacial score (nSPS) is 17.2. The van der Waals surface area contributed by atoms with E-state index in [-0.39, 0.29) is 0 Å². The maximum Gasteiger partial charge on any atom is 0.227 e. The van der Waals surface area contributed by atoms with Crippen molar-refractivity contribution in [3.8, 4) is 0 Å². The molecule has 2 rings (SSSR count). The van der Waals surface area contributed by atoms with Crippen LogP contribution in [0, 0.1) is 0 Å². The molecule has 0 unspecified atom stereocenters. The molecule has 0 aliphatic carbocycles. The fourth-order valence-corrected chi connectivity index (χ4v) is 1.99. The van der Waals surface area contributed by atoms with Gasteiger partial charge in [0.05, 0.1) is 0 Å². The third-order valence-corrected chi connectivity index (χ3v) is 2.99. The molecule has 1 aliphatic heterocycles. The molecule has 0 radical (unpaired) electrons. The number of aromatic nitrogens is 2. The van der Waals surface area contributed by atoms with Gasteiger partial charge in [0, 0.05) is 31.4 Å². The predicted molar refractivity (Wildman–Crippen MR) is 65.0 cm³/mol. The van der Waals surface area contributed by atoms with Crippen molar-refractivity contribution in [1.82, 2.24) is 9.97 Å². The number of nitrogens with zero attached hydrogens (tertiary/aromatic N) is 3. The Morgan fingerprint density at radius 1 is 1.19 bits per heavy atom. The molecule has 1 aliphatic rings. The molecule has 16 heavy (non-hydrogen) atoms. The second-order valence-corrected chi connectivity index (χ2v) is 4.19. The first-order chi connectivity index (χ1) is 7.81. The summed E-state index contributed by atoms with van der Waals surface area (Å²) >= 11 is 0. The molecule has 0 bridgehead atoms. The van der Waals surface area contributed by atoms with Crippen LogP contribution < -0.4 is 16.4 Å². The third-order valence-electron chi connectivity index (χ3n) is 2.99. The molecular formula is C11H19N5. The van der Waals surface area contributed by atoms with Crippen LogP contribution in [0.4, 0.5) is 11.8 Å². The highest BCUT2D eigenvalue weighted by atomic mass is 15.3. The lowest BCUT2D eigenvalue weighted by atomic mass is 10.2. The fraction of sp³-hybridized carbons (Fsp3) is 0.636. The number of anilines is 2. The van der Waals surface area contributed by atoms with Crippen molar-refractivity contribution in [2.45, 2.75) is 32.2 Å². The van der Waals surface area contributed by atoms with Crippen LogP contribution in [0.2, 0.25) is 0 Å². The number of nitrogen functional groups attached to an aromatic ring is 1. The van der Waals surface area contributed by atoms with E-state index in [0.717, 1.165) is 24.6 Å². The lowest BCUT2D eigenvalue weighted by Crippen LogP contribution is -2.26. The summed E-state index contributed by atoms with van der Waals surface area (Å²) in [6.45, 7) is 2.45. The van der Waals surface area contributed by atoms with Crippen LogP contribution in [0.15, 0.2) is 6.20 Å². The molecule has 88 valence electrons. The van der Waals surface area contributed by atoms with E-state index in [1.54, 1.807) is 6.20 Å². The van der Waals surface area contributed by atoms with Gasteiger partial charge in [-0.3, -0.25) is 0 Å². The monoisotopic (exact) mass is 221 g/mol. The molecule has 0 amide bonds. The van der Waals surface area contributed by atoms with Gasteiger partial charge in [0.2, 0.25) is 5.95 Å². The molecule has 1 aromatic heterocycles. The first kappa shape index (κ1) is 11.1. The molecular weight excluding hydrogens is 202 g/mol. The number of rotatable bonds is 2. The van der Waals surface area contributed by atoms with Crippen molar-refractivity contribution >= 4 is 11.8 Å². The predicted octanol–water partition coefficient (Wildman–Crippen LogP) is 0.898. The standard InChI is InChI=1S/C11H19N5/c12-7-9-8-14-11(15-10(9)13)16-5-3-1-2-4-6-16/h8H,1-7,12H2,(H2,13,14,15). The van der Waals surface area contributed by atoms with Gasteiger partial charge in [0.1, 0.15) is 5.82 Å². The van der Waals surface area contributed by atoms with Crippen LogP contribution in [-0.4, -0.2) is 23.1 Å². The van der Waals surface area contributed by atoms with Crippen LogP contribution in [0.5, 0.6) is 0 Å². The zero-order chi connectivity index (χ0) is 11.4. The minimum atomic E-state index is 0.395. The molecule has 0 aromatic carbocycles. The van der Waals surface area contributed by atoms with E-state index in [9.17, 15) is 0 Å². The minimum absolute atomic E-state index is 0.395. The quantitative estimate of drug-likeness (QED) is 0.775. The van der Waals surface area contributed by atoms with Crippen molar-refractivity contribution in [1.29, 1.82) is 0 Å². The van der Waals surface area contributed by atoms with Crippen LogP contribution in [0.1, 0.15) is 31.2 Å². The molecule has 0 saturated carbocycles. The van der Waals surface area contributed by atoms with Crippen LogP contribution >= 0.6 is 0 Å². The minimum Gasteiger partial charge on any atom is -0.383 e. The molecule has 4 N–H and O–H groups in total. The molecule has 5 nitrogen and oxygen atoms in total. The zero-order valence-electron chi connectivity index (χ0n) is 9.52. The van der Waals surface area contributed by atoms with E-state index >= 15 is 0 Å². The second-order valence-electron chi connectivity index (χ2n) is 4.19.